The first-order chi connectivity index (χ1) is 16.0. The Hall–Kier alpha value is -3.97. The van der Waals surface area contributed by atoms with Gasteiger partial charge < -0.3 is 42.6 Å². The summed E-state index contributed by atoms with van der Waals surface area (Å²) in [4.78, 5) is 63.2. The molecule has 0 radical (unpaired) electrons. The van der Waals surface area contributed by atoms with Crippen molar-refractivity contribution in [1.82, 2.24) is 20.9 Å². The van der Waals surface area contributed by atoms with Crippen LogP contribution in [-0.2, 0) is 30.4 Å². The Labute approximate surface area is 194 Å². The lowest BCUT2D eigenvalue weighted by Crippen LogP contribution is -2.59. The van der Waals surface area contributed by atoms with Crippen LogP contribution in [0.4, 0.5) is 0 Å². The molecule has 1 heterocycles. The number of para-hydroxylation sites is 1. The number of amides is 4. The number of aliphatic hydroxyl groups is 1. The number of aromatic amines is 1. The van der Waals surface area contributed by atoms with E-state index >= 15 is 0 Å². The van der Waals surface area contributed by atoms with Crippen LogP contribution in [0.25, 0.3) is 10.9 Å². The third kappa shape index (κ3) is 7.02. The highest BCUT2D eigenvalue weighted by molar-refractivity contribution is 5.95. The number of carboxylic acids is 1. The molecule has 184 valence electrons. The van der Waals surface area contributed by atoms with Gasteiger partial charge in [0.05, 0.1) is 19.1 Å². The second-order valence-electron chi connectivity index (χ2n) is 7.68. The zero-order valence-electron chi connectivity index (χ0n) is 18.4. The summed E-state index contributed by atoms with van der Waals surface area (Å²) in [5.41, 5.74) is 11.7. The number of carboxylic acid groups (broad SMARTS) is 1. The molecular weight excluding hydrogens is 448 g/mol. The standard InChI is InChI=1S/C21H28N6O7/c1-10(28)18(27-17(30)8-22)20(32)25-14(19(31)26-15(21(33)34)7-16(23)29)6-11-9-24-13-5-3-2-4-12(11)13/h2-5,9-10,14-15,18,24,28H,6-8,22H2,1H3,(H2,23,29)(H,25,32)(H,26,31)(H,27,30)(H,33,34). The molecule has 2 rings (SSSR count). The molecule has 1 aromatic heterocycles. The van der Waals surface area contributed by atoms with Crippen molar-refractivity contribution in [1.29, 1.82) is 0 Å². The van der Waals surface area contributed by atoms with Crippen LogP contribution in [0.15, 0.2) is 30.5 Å². The molecule has 0 aliphatic heterocycles. The van der Waals surface area contributed by atoms with Crippen LogP contribution in [0.2, 0.25) is 0 Å². The molecule has 0 bridgehead atoms. The van der Waals surface area contributed by atoms with Crippen molar-refractivity contribution in [2.24, 2.45) is 11.5 Å². The minimum Gasteiger partial charge on any atom is -0.480 e. The van der Waals surface area contributed by atoms with E-state index in [1.165, 1.54) is 6.92 Å². The highest BCUT2D eigenvalue weighted by atomic mass is 16.4. The lowest BCUT2D eigenvalue weighted by Gasteiger charge is -2.25. The predicted molar refractivity (Wildman–Crippen MR) is 120 cm³/mol. The molecule has 4 unspecified atom stereocenters. The lowest BCUT2D eigenvalue weighted by molar-refractivity contribution is -0.143. The topological polar surface area (TPSA) is 230 Å². The van der Waals surface area contributed by atoms with Crippen LogP contribution in [-0.4, -0.2) is 75.6 Å². The first-order valence-electron chi connectivity index (χ1n) is 10.4. The maximum Gasteiger partial charge on any atom is 0.326 e. The second-order valence-corrected chi connectivity index (χ2v) is 7.68. The number of aromatic nitrogens is 1. The number of fused-ring (bicyclic) bond motifs is 1. The number of benzene rings is 1. The summed E-state index contributed by atoms with van der Waals surface area (Å²) in [5, 5.41) is 26.9. The molecule has 0 aliphatic rings. The van der Waals surface area contributed by atoms with Crippen molar-refractivity contribution < 1.29 is 34.2 Å². The van der Waals surface area contributed by atoms with E-state index in [0.29, 0.717) is 5.56 Å². The average molecular weight is 476 g/mol. The molecule has 4 amide bonds. The SMILES string of the molecule is CC(O)C(NC(=O)CN)C(=O)NC(Cc1c[nH]c2ccccc12)C(=O)NC(CC(N)=O)C(=O)O. The Balaban J connectivity index is 2.32. The molecule has 0 fully saturated rings. The molecule has 13 nitrogen and oxygen atoms in total. The quantitative estimate of drug-likeness (QED) is 0.162. The number of hydrogen-bond acceptors (Lipinski definition) is 7. The van der Waals surface area contributed by atoms with Gasteiger partial charge in [0, 0.05) is 23.5 Å². The monoisotopic (exact) mass is 476 g/mol. The number of aliphatic hydroxyl groups excluding tert-OH is 1. The molecule has 4 atom stereocenters. The van der Waals surface area contributed by atoms with E-state index in [2.05, 4.69) is 20.9 Å². The van der Waals surface area contributed by atoms with Gasteiger partial charge in [-0.3, -0.25) is 19.2 Å². The first-order valence-corrected chi connectivity index (χ1v) is 10.4. The van der Waals surface area contributed by atoms with E-state index in [0.717, 1.165) is 10.9 Å². The van der Waals surface area contributed by atoms with E-state index in [1.54, 1.807) is 18.3 Å². The fraction of sp³-hybridized carbons (Fsp3) is 0.381. The van der Waals surface area contributed by atoms with Crippen LogP contribution in [0.1, 0.15) is 18.9 Å². The summed E-state index contributed by atoms with van der Waals surface area (Å²) < 4.78 is 0. The van der Waals surface area contributed by atoms with Crippen LogP contribution in [0, 0.1) is 0 Å². The van der Waals surface area contributed by atoms with Crippen LogP contribution in [0.3, 0.4) is 0 Å². The van der Waals surface area contributed by atoms with Gasteiger partial charge in [0.1, 0.15) is 18.1 Å². The van der Waals surface area contributed by atoms with Gasteiger partial charge in [-0.05, 0) is 18.6 Å². The van der Waals surface area contributed by atoms with Gasteiger partial charge in [0.2, 0.25) is 23.6 Å². The van der Waals surface area contributed by atoms with Crippen molar-refractivity contribution in [3.05, 3.63) is 36.0 Å². The molecular formula is C21H28N6O7. The van der Waals surface area contributed by atoms with Crippen LogP contribution in [0.5, 0.6) is 0 Å². The summed E-state index contributed by atoms with van der Waals surface area (Å²) in [6.45, 7) is 0.840. The third-order valence-corrected chi connectivity index (χ3v) is 5.02. The lowest BCUT2D eigenvalue weighted by atomic mass is 10.0. The molecule has 0 aliphatic carbocycles. The van der Waals surface area contributed by atoms with Gasteiger partial charge in [0.25, 0.3) is 0 Å². The van der Waals surface area contributed by atoms with Crippen molar-refractivity contribution in [2.45, 2.75) is 44.0 Å². The Morgan fingerprint density at radius 1 is 1.03 bits per heavy atom. The predicted octanol–water partition coefficient (Wildman–Crippen LogP) is -2.54. The number of rotatable bonds is 12. The third-order valence-electron chi connectivity index (χ3n) is 5.02. The molecule has 0 saturated heterocycles. The number of hydrogen-bond donors (Lipinski definition) is 8. The van der Waals surface area contributed by atoms with Gasteiger partial charge in [-0.25, -0.2) is 4.79 Å². The van der Waals surface area contributed by atoms with Crippen LogP contribution < -0.4 is 27.4 Å². The Morgan fingerprint density at radius 3 is 2.26 bits per heavy atom. The highest BCUT2D eigenvalue weighted by Crippen LogP contribution is 2.19. The van der Waals surface area contributed by atoms with Crippen LogP contribution >= 0.6 is 0 Å². The fourth-order valence-corrected chi connectivity index (χ4v) is 3.30. The van der Waals surface area contributed by atoms with Gasteiger partial charge in [0.15, 0.2) is 0 Å². The molecule has 34 heavy (non-hydrogen) atoms. The van der Waals surface area contributed by atoms with E-state index in [4.69, 9.17) is 11.5 Å². The van der Waals surface area contributed by atoms with E-state index in [9.17, 15) is 34.2 Å². The van der Waals surface area contributed by atoms with E-state index in [1.807, 2.05) is 12.1 Å². The van der Waals surface area contributed by atoms with Gasteiger partial charge in [-0.2, -0.15) is 0 Å². The molecule has 13 heteroatoms. The number of primary amides is 1. The number of H-pyrrole nitrogens is 1. The van der Waals surface area contributed by atoms with Gasteiger partial charge >= 0.3 is 5.97 Å². The Kier molecular flexibility index (Phi) is 9.10. The molecule has 0 spiro atoms. The summed E-state index contributed by atoms with van der Waals surface area (Å²) in [6.07, 6.45) is -0.411. The van der Waals surface area contributed by atoms with Gasteiger partial charge in [-0.15, -0.1) is 0 Å². The average Bonchev–Trinajstić information content (AvgIpc) is 3.18. The number of nitrogens with one attached hydrogen (secondary N) is 4. The van der Waals surface area contributed by atoms with E-state index < -0.39 is 66.8 Å². The minimum absolute atomic E-state index is 0.0676. The first kappa shape index (κ1) is 26.3. The Bertz CT molecular complexity index is 1070. The number of carbonyl (C=O) groups excluding carboxylic acids is 4. The molecule has 1 aromatic carbocycles. The maximum atomic E-state index is 13.0. The highest BCUT2D eigenvalue weighted by Gasteiger charge is 2.32. The Morgan fingerprint density at radius 2 is 1.68 bits per heavy atom. The van der Waals surface area contributed by atoms with Crippen molar-refractivity contribution in [2.75, 3.05) is 6.54 Å². The largest absolute Gasteiger partial charge is 0.480 e. The second kappa shape index (κ2) is 11.8. The van der Waals surface area contributed by atoms with Crippen molar-refractivity contribution in [3.8, 4) is 0 Å². The molecule has 0 saturated carbocycles. The van der Waals surface area contributed by atoms with E-state index in [-0.39, 0.29) is 6.42 Å². The summed E-state index contributed by atoms with van der Waals surface area (Å²) >= 11 is 0. The van der Waals surface area contributed by atoms with Gasteiger partial charge in [-0.1, -0.05) is 18.2 Å². The zero-order valence-corrected chi connectivity index (χ0v) is 18.4. The maximum absolute atomic E-state index is 13.0. The van der Waals surface area contributed by atoms with Crippen molar-refractivity contribution in [3.63, 3.8) is 0 Å². The normalized spacial score (nSPS) is 14.4. The number of nitrogens with two attached hydrogens (primary N) is 2. The minimum atomic E-state index is -1.61. The molecule has 2 aromatic rings. The number of aliphatic carboxylic acids is 1. The summed E-state index contributed by atoms with van der Waals surface area (Å²) in [6, 6.07) is 2.84. The summed E-state index contributed by atoms with van der Waals surface area (Å²) in [7, 11) is 0. The smallest absolute Gasteiger partial charge is 0.326 e. The summed E-state index contributed by atoms with van der Waals surface area (Å²) in [5.74, 6) is -4.92. The molecule has 10 N–H and O–H groups in total. The zero-order chi connectivity index (χ0) is 25.4. The van der Waals surface area contributed by atoms with Crippen molar-refractivity contribution >= 4 is 40.5 Å². The number of carbonyl (C=O) groups is 5. The fourth-order valence-electron chi connectivity index (χ4n) is 3.30.